The highest BCUT2D eigenvalue weighted by atomic mass is 16.6. The van der Waals surface area contributed by atoms with E-state index in [1.807, 2.05) is 24.3 Å². The fourth-order valence-corrected chi connectivity index (χ4v) is 4.46. The zero-order valence-electron chi connectivity index (χ0n) is 21.9. The normalized spacial score (nSPS) is 18.8. The summed E-state index contributed by atoms with van der Waals surface area (Å²) in [7, 11) is 0. The molecule has 2 heterocycles. The molecule has 2 bridgehead atoms. The Morgan fingerprint density at radius 1 is 0.606 bits per heavy atom. The lowest BCUT2D eigenvalue weighted by Crippen LogP contribution is -2.46. The quantitative estimate of drug-likeness (QED) is 0.201. The minimum Gasteiger partial charge on any atom is -0.473 e. The van der Waals surface area contributed by atoms with Crippen LogP contribution in [0, 0.1) is 0 Å². The molecule has 0 saturated heterocycles. The van der Waals surface area contributed by atoms with E-state index in [4.69, 9.17) is 14.2 Å². The maximum Gasteiger partial charge on any atom is 0.176 e. The van der Waals surface area contributed by atoms with Gasteiger partial charge in [-0.1, -0.05) is 79.1 Å². The molecule has 1 aromatic carbocycles. The van der Waals surface area contributed by atoms with Crippen LogP contribution in [-0.2, 0) is 4.74 Å². The zero-order chi connectivity index (χ0) is 23.7. The van der Waals surface area contributed by atoms with Crippen LogP contribution in [0.15, 0.2) is 24.3 Å². The van der Waals surface area contributed by atoms with Crippen molar-refractivity contribution in [2.75, 3.05) is 39.4 Å². The van der Waals surface area contributed by atoms with Crippen LogP contribution in [0.2, 0.25) is 0 Å². The van der Waals surface area contributed by atoms with Gasteiger partial charge in [-0.25, -0.2) is 0 Å². The molecule has 2 unspecified atom stereocenters. The molecule has 0 fully saturated rings. The predicted molar refractivity (Wildman–Crippen MR) is 138 cm³/mol. The molecule has 1 aromatic rings. The van der Waals surface area contributed by atoms with Gasteiger partial charge in [0.1, 0.15) is 11.5 Å². The fourth-order valence-electron chi connectivity index (χ4n) is 4.46. The molecule has 2 aliphatic rings. The number of fused-ring (bicyclic) bond motifs is 8. The van der Waals surface area contributed by atoms with E-state index in [1.165, 1.54) is 64.2 Å². The first-order valence-electron chi connectivity index (χ1n) is 13.7. The molecule has 2 atom stereocenters. The molecule has 0 amide bonds. The lowest BCUT2D eigenvalue weighted by atomic mass is 10.1. The monoisotopic (exact) mass is 462 g/mol. The Labute approximate surface area is 203 Å². The molecule has 0 saturated carbocycles. The van der Waals surface area contributed by atoms with Crippen molar-refractivity contribution < 1.29 is 14.2 Å². The Hall–Kier alpha value is -1.30. The van der Waals surface area contributed by atoms with Gasteiger partial charge in [-0.05, 0) is 50.2 Å². The van der Waals surface area contributed by atoms with Crippen LogP contribution in [0.25, 0.3) is 0 Å². The molecule has 5 heteroatoms. The van der Waals surface area contributed by atoms with Crippen molar-refractivity contribution in [2.24, 2.45) is 0 Å². The molecular weight excluding hydrogens is 412 g/mol. The standard InChI is InChI=1S/C28H50N2O3/c1-5-9-11-13-15-21-29(7-3)27-23-31-24-28(30(8-4)22-16-14-12-10-6-2)33-26-19-17-25(32-27)18-20-26/h17-20,27-28H,5-16,21-24H2,1-4H3. The first kappa shape index (κ1) is 27.9. The molecule has 2 aliphatic heterocycles. The van der Waals surface area contributed by atoms with Crippen molar-refractivity contribution in [3.8, 4) is 11.5 Å². The SMILES string of the molecule is CCCCCCCN(CC)C1COCC(N(CC)CCCCCCC)Oc2ccc(cc2)O1. The highest BCUT2D eigenvalue weighted by molar-refractivity contribution is 5.31. The third-order valence-corrected chi connectivity index (χ3v) is 6.61. The van der Waals surface area contributed by atoms with Gasteiger partial charge in [-0.3, -0.25) is 9.80 Å². The molecular formula is C28H50N2O3. The summed E-state index contributed by atoms with van der Waals surface area (Å²) in [6.45, 7) is 14.1. The van der Waals surface area contributed by atoms with Gasteiger partial charge in [0.15, 0.2) is 12.5 Å². The van der Waals surface area contributed by atoms with Crippen LogP contribution in [0.4, 0.5) is 0 Å². The molecule has 0 aliphatic carbocycles. The maximum absolute atomic E-state index is 6.39. The molecule has 5 nitrogen and oxygen atoms in total. The Morgan fingerprint density at radius 3 is 1.36 bits per heavy atom. The van der Waals surface area contributed by atoms with Gasteiger partial charge < -0.3 is 14.2 Å². The van der Waals surface area contributed by atoms with Crippen molar-refractivity contribution in [3.05, 3.63) is 24.3 Å². The summed E-state index contributed by atoms with van der Waals surface area (Å²) in [6, 6.07) is 8.11. The highest BCUT2D eigenvalue weighted by Gasteiger charge is 2.24. The van der Waals surface area contributed by atoms with E-state index in [1.54, 1.807) is 0 Å². The first-order chi connectivity index (χ1) is 16.2. The van der Waals surface area contributed by atoms with E-state index < -0.39 is 0 Å². The molecule has 0 aromatic heterocycles. The van der Waals surface area contributed by atoms with E-state index in [-0.39, 0.29) is 12.5 Å². The van der Waals surface area contributed by atoms with E-state index >= 15 is 0 Å². The summed E-state index contributed by atoms with van der Waals surface area (Å²) in [4.78, 5) is 4.83. The number of rotatable bonds is 16. The molecule has 0 N–H and O–H groups in total. The third kappa shape index (κ3) is 10.7. The maximum atomic E-state index is 6.39. The first-order valence-corrected chi connectivity index (χ1v) is 13.7. The van der Waals surface area contributed by atoms with Crippen LogP contribution in [-0.4, -0.2) is 61.6 Å². The van der Waals surface area contributed by atoms with Crippen LogP contribution in [0.3, 0.4) is 0 Å². The van der Waals surface area contributed by atoms with Crippen LogP contribution >= 0.6 is 0 Å². The minimum absolute atomic E-state index is 0.0742. The van der Waals surface area contributed by atoms with Gasteiger partial charge in [0.05, 0.1) is 13.2 Å². The molecule has 0 radical (unpaired) electrons. The number of hydrogen-bond donors (Lipinski definition) is 0. The Morgan fingerprint density at radius 2 is 1.00 bits per heavy atom. The number of unbranched alkanes of at least 4 members (excludes halogenated alkanes) is 8. The number of ether oxygens (including phenoxy) is 3. The molecule has 190 valence electrons. The van der Waals surface area contributed by atoms with E-state index in [9.17, 15) is 0 Å². The van der Waals surface area contributed by atoms with Crippen molar-refractivity contribution >= 4 is 0 Å². The minimum atomic E-state index is -0.0742. The second kappa shape index (κ2) is 17.2. The third-order valence-electron chi connectivity index (χ3n) is 6.61. The van der Waals surface area contributed by atoms with Gasteiger partial charge >= 0.3 is 0 Å². The van der Waals surface area contributed by atoms with Crippen molar-refractivity contribution in [2.45, 2.75) is 104 Å². The van der Waals surface area contributed by atoms with E-state index in [0.717, 1.165) is 37.7 Å². The van der Waals surface area contributed by atoms with E-state index in [0.29, 0.717) is 13.2 Å². The van der Waals surface area contributed by atoms with Crippen molar-refractivity contribution in [3.63, 3.8) is 0 Å². The fraction of sp³-hybridized carbons (Fsp3) is 0.786. The van der Waals surface area contributed by atoms with Crippen LogP contribution in [0.1, 0.15) is 91.9 Å². The second-order valence-corrected chi connectivity index (χ2v) is 9.24. The van der Waals surface area contributed by atoms with Crippen molar-refractivity contribution in [1.82, 2.24) is 9.80 Å². The molecule has 33 heavy (non-hydrogen) atoms. The molecule has 3 rings (SSSR count). The topological polar surface area (TPSA) is 34.2 Å². The van der Waals surface area contributed by atoms with Crippen LogP contribution in [0.5, 0.6) is 11.5 Å². The largest absolute Gasteiger partial charge is 0.473 e. The predicted octanol–water partition coefficient (Wildman–Crippen LogP) is 6.71. The smallest absolute Gasteiger partial charge is 0.176 e. The van der Waals surface area contributed by atoms with Gasteiger partial charge in [0.25, 0.3) is 0 Å². The summed E-state index contributed by atoms with van der Waals surface area (Å²) in [6.07, 6.45) is 12.7. The average Bonchev–Trinajstić information content (AvgIpc) is 2.90. The van der Waals surface area contributed by atoms with Gasteiger partial charge in [-0.2, -0.15) is 0 Å². The lowest BCUT2D eigenvalue weighted by Gasteiger charge is -2.32. The summed E-state index contributed by atoms with van der Waals surface area (Å²) >= 11 is 0. The Bertz CT molecular complexity index is 544. The van der Waals surface area contributed by atoms with Gasteiger partial charge in [0.2, 0.25) is 0 Å². The summed E-state index contributed by atoms with van der Waals surface area (Å²) in [5, 5.41) is 0. The van der Waals surface area contributed by atoms with Gasteiger partial charge in [0, 0.05) is 13.1 Å². The van der Waals surface area contributed by atoms with Crippen LogP contribution < -0.4 is 9.47 Å². The summed E-state index contributed by atoms with van der Waals surface area (Å²) < 4.78 is 19.0. The summed E-state index contributed by atoms with van der Waals surface area (Å²) in [5.74, 6) is 1.75. The van der Waals surface area contributed by atoms with E-state index in [2.05, 4.69) is 37.5 Å². The Balaban J connectivity index is 1.99. The Kier molecular flexibility index (Phi) is 14.5. The number of nitrogens with zero attached hydrogens (tertiary/aromatic N) is 2. The average molecular weight is 463 g/mol. The molecule has 0 spiro atoms. The second-order valence-electron chi connectivity index (χ2n) is 9.24. The zero-order valence-corrected chi connectivity index (χ0v) is 21.9. The lowest BCUT2D eigenvalue weighted by molar-refractivity contribution is -0.0827. The number of likely N-dealkylation sites (N-methyl/N-ethyl adjacent to an activating group) is 2. The van der Waals surface area contributed by atoms with Crippen molar-refractivity contribution in [1.29, 1.82) is 0 Å². The highest BCUT2D eigenvalue weighted by Crippen LogP contribution is 2.23. The number of hydrogen-bond acceptors (Lipinski definition) is 5. The number of benzene rings is 1. The summed E-state index contributed by atoms with van der Waals surface area (Å²) in [5.41, 5.74) is 0. The van der Waals surface area contributed by atoms with Gasteiger partial charge in [-0.15, -0.1) is 0 Å².